The number of benzene rings is 1. The Bertz CT molecular complexity index is 1290. The summed E-state index contributed by atoms with van der Waals surface area (Å²) in [7, 11) is 1.63. The molecule has 0 saturated heterocycles. The van der Waals surface area contributed by atoms with Gasteiger partial charge in [0.05, 0.1) is 36.7 Å². The molecule has 3 heterocycles. The third kappa shape index (κ3) is 4.35. The highest BCUT2D eigenvalue weighted by molar-refractivity contribution is 6.00. The van der Waals surface area contributed by atoms with Crippen LogP contribution in [-0.4, -0.2) is 43.9 Å². The number of hydrogen-bond acceptors (Lipinski definition) is 6. The van der Waals surface area contributed by atoms with E-state index in [-0.39, 0.29) is 17.7 Å². The first kappa shape index (κ1) is 21.2. The zero-order valence-corrected chi connectivity index (χ0v) is 17.7. The van der Waals surface area contributed by atoms with E-state index in [9.17, 15) is 9.18 Å². The Morgan fingerprint density at radius 3 is 2.91 bits per heavy atom. The maximum absolute atomic E-state index is 14.7. The number of amides is 1. The van der Waals surface area contributed by atoms with E-state index in [4.69, 9.17) is 4.74 Å². The number of aromatic nitrogens is 5. The third-order valence-electron chi connectivity index (χ3n) is 4.82. The number of ether oxygens (including phenoxy) is 1. The Labute approximate surface area is 183 Å². The monoisotopic (exact) mass is 435 g/mol. The van der Waals surface area contributed by atoms with Crippen LogP contribution >= 0.6 is 0 Å². The topological polar surface area (TPSA) is 98.9 Å². The standard InChI is InChI=1S/C22H22FN7O2/c1-4-20(31)26-15-5-6-19-17(9-15)14(2)12-30(19)21-18(23)11-24-22(28-21)27-16-10-25-29(13-16)7-8-32-3/h4-6,9-13H,1,7-8H2,2-3H3,(H,26,31)(H,24,27,28). The summed E-state index contributed by atoms with van der Waals surface area (Å²) in [6.45, 7) is 6.51. The van der Waals surface area contributed by atoms with Crippen molar-refractivity contribution in [1.29, 1.82) is 0 Å². The lowest BCUT2D eigenvalue weighted by Crippen LogP contribution is -2.07. The van der Waals surface area contributed by atoms with Crippen LogP contribution in [0.25, 0.3) is 16.7 Å². The number of fused-ring (bicyclic) bond motifs is 1. The molecular weight excluding hydrogens is 413 g/mol. The van der Waals surface area contributed by atoms with Crippen molar-refractivity contribution in [1.82, 2.24) is 24.3 Å². The molecule has 4 rings (SSSR count). The van der Waals surface area contributed by atoms with Gasteiger partial charge in [-0.3, -0.25) is 14.0 Å². The number of hydrogen-bond donors (Lipinski definition) is 2. The number of anilines is 3. The second-order valence-corrected chi connectivity index (χ2v) is 7.08. The Kier molecular flexibility index (Phi) is 5.95. The molecule has 4 aromatic rings. The molecule has 0 fully saturated rings. The van der Waals surface area contributed by atoms with Crippen molar-refractivity contribution in [3.8, 4) is 5.82 Å². The smallest absolute Gasteiger partial charge is 0.247 e. The van der Waals surface area contributed by atoms with Crippen molar-refractivity contribution in [3.05, 3.63) is 67.0 Å². The van der Waals surface area contributed by atoms with Crippen LogP contribution in [0.15, 0.2) is 55.6 Å². The molecule has 10 heteroatoms. The van der Waals surface area contributed by atoms with Crippen molar-refractivity contribution in [3.63, 3.8) is 0 Å². The zero-order chi connectivity index (χ0) is 22.7. The minimum Gasteiger partial charge on any atom is -0.383 e. The van der Waals surface area contributed by atoms with Gasteiger partial charge in [-0.25, -0.2) is 9.37 Å². The Hall–Kier alpha value is -4.05. The first-order valence-corrected chi connectivity index (χ1v) is 9.85. The molecule has 0 bridgehead atoms. The van der Waals surface area contributed by atoms with Gasteiger partial charge in [0.25, 0.3) is 0 Å². The summed E-state index contributed by atoms with van der Waals surface area (Å²) < 4.78 is 23.1. The van der Waals surface area contributed by atoms with Gasteiger partial charge in [0, 0.05) is 30.6 Å². The summed E-state index contributed by atoms with van der Waals surface area (Å²) in [5, 5.41) is 10.9. The van der Waals surface area contributed by atoms with Crippen molar-refractivity contribution in [2.45, 2.75) is 13.5 Å². The van der Waals surface area contributed by atoms with Gasteiger partial charge in [0.15, 0.2) is 11.6 Å². The first-order chi connectivity index (χ1) is 15.5. The molecular formula is C22H22FN7O2. The number of aryl methyl sites for hydroxylation is 1. The second kappa shape index (κ2) is 8.98. The number of rotatable bonds is 8. The summed E-state index contributed by atoms with van der Waals surface area (Å²) in [5.41, 5.74) is 2.95. The second-order valence-electron chi connectivity index (χ2n) is 7.08. The lowest BCUT2D eigenvalue weighted by Gasteiger charge is -2.09. The minimum atomic E-state index is -0.563. The van der Waals surface area contributed by atoms with E-state index in [1.807, 2.05) is 13.0 Å². The molecule has 0 aliphatic rings. The molecule has 0 aliphatic carbocycles. The van der Waals surface area contributed by atoms with E-state index in [0.29, 0.717) is 24.5 Å². The molecule has 32 heavy (non-hydrogen) atoms. The molecule has 2 N–H and O–H groups in total. The maximum Gasteiger partial charge on any atom is 0.247 e. The number of methoxy groups -OCH3 is 1. The van der Waals surface area contributed by atoms with Gasteiger partial charge in [-0.15, -0.1) is 0 Å². The Morgan fingerprint density at radius 1 is 1.28 bits per heavy atom. The molecule has 164 valence electrons. The molecule has 1 amide bonds. The van der Waals surface area contributed by atoms with E-state index in [1.165, 1.54) is 6.08 Å². The van der Waals surface area contributed by atoms with Gasteiger partial charge in [-0.05, 0) is 36.8 Å². The zero-order valence-electron chi connectivity index (χ0n) is 17.7. The fraction of sp³-hybridized carbons (Fsp3) is 0.182. The maximum atomic E-state index is 14.7. The van der Waals surface area contributed by atoms with E-state index in [2.05, 4.69) is 32.3 Å². The molecule has 0 radical (unpaired) electrons. The number of nitrogens with one attached hydrogen (secondary N) is 2. The minimum absolute atomic E-state index is 0.107. The van der Waals surface area contributed by atoms with Gasteiger partial charge in [0.1, 0.15) is 0 Å². The van der Waals surface area contributed by atoms with Crippen LogP contribution in [-0.2, 0) is 16.1 Å². The fourth-order valence-corrected chi connectivity index (χ4v) is 3.29. The molecule has 9 nitrogen and oxygen atoms in total. The third-order valence-corrected chi connectivity index (χ3v) is 4.82. The Morgan fingerprint density at radius 2 is 2.12 bits per heavy atom. The highest BCUT2D eigenvalue weighted by atomic mass is 19.1. The summed E-state index contributed by atoms with van der Waals surface area (Å²) >= 11 is 0. The lowest BCUT2D eigenvalue weighted by atomic mass is 10.2. The van der Waals surface area contributed by atoms with Crippen LogP contribution < -0.4 is 10.6 Å². The van der Waals surface area contributed by atoms with Gasteiger partial charge < -0.3 is 15.4 Å². The number of nitrogens with zero attached hydrogens (tertiary/aromatic N) is 5. The van der Waals surface area contributed by atoms with Gasteiger partial charge in [-0.1, -0.05) is 6.58 Å². The van der Waals surface area contributed by atoms with Crippen LogP contribution in [0.3, 0.4) is 0 Å². The highest BCUT2D eigenvalue weighted by Crippen LogP contribution is 2.28. The molecule has 0 unspecified atom stereocenters. The van der Waals surface area contributed by atoms with Crippen molar-refractivity contribution < 1.29 is 13.9 Å². The molecule has 3 aromatic heterocycles. The van der Waals surface area contributed by atoms with Gasteiger partial charge in [-0.2, -0.15) is 10.1 Å². The molecule has 0 aliphatic heterocycles. The van der Waals surface area contributed by atoms with Crippen molar-refractivity contribution in [2.75, 3.05) is 24.4 Å². The highest BCUT2D eigenvalue weighted by Gasteiger charge is 2.15. The summed E-state index contributed by atoms with van der Waals surface area (Å²) in [6, 6.07) is 5.37. The summed E-state index contributed by atoms with van der Waals surface area (Å²) in [4.78, 5) is 20.0. The van der Waals surface area contributed by atoms with Crippen LogP contribution in [0.5, 0.6) is 0 Å². The van der Waals surface area contributed by atoms with Crippen LogP contribution in [0.2, 0.25) is 0 Å². The number of carbonyl (C=O) groups excluding carboxylic acids is 1. The summed E-state index contributed by atoms with van der Waals surface area (Å²) in [5.74, 6) is -0.519. The first-order valence-electron chi connectivity index (χ1n) is 9.85. The van der Waals surface area contributed by atoms with Crippen LogP contribution in [0.4, 0.5) is 21.7 Å². The van der Waals surface area contributed by atoms with E-state index >= 15 is 0 Å². The predicted octanol–water partition coefficient (Wildman–Crippen LogP) is 3.58. The number of carbonyl (C=O) groups is 1. The quantitative estimate of drug-likeness (QED) is 0.411. The summed E-state index contributed by atoms with van der Waals surface area (Å²) in [6.07, 6.45) is 7.55. The van der Waals surface area contributed by atoms with Crippen molar-refractivity contribution in [2.24, 2.45) is 0 Å². The van der Waals surface area contributed by atoms with E-state index < -0.39 is 5.82 Å². The molecule has 1 aromatic carbocycles. The van der Waals surface area contributed by atoms with Gasteiger partial charge >= 0.3 is 0 Å². The van der Waals surface area contributed by atoms with E-state index in [1.54, 1.807) is 47.1 Å². The van der Waals surface area contributed by atoms with Crippen LogP contribution in [0.1, 0.15) is 5.56 Å². The predicted molar refractivity (Wildman–Crippen MR) is 120 cm³/mol. The molecule has 0 saturated carbocycles. The molecule has 0 spiro atoms. The normalized spacial score (nSPS) is 11.0. The fourth-order valence-electron chi connectivity index (χ4n) is 3.29. The SMILES string of the molecule is C=CC(=O)Nc1ccc2c(c1)c(C)cn2-c1nc(Nc2cnn(CCOC)c2)ncc1F. The van der Waals surface area contributed by atoms with Crippen molar-refractivity contribution >= 4 is 34.1 Å². The van der Waals surface area contributed by atoms with Crippen LogP contribution in [0, 0.1) is 12.7 Å². The molecule has 0 atom stereocenters. The number of halogens is 1. The van der Waals surface area contributed by atoms with E-state index in [0.717, 1.165) is 22.7 Å². The Balaban J connectivity index is 1.65. The van der Waals surface area contributed by atoms with Gasteiger partial charge in [0.2, 0.25) is 11.9 Å². The average Bonchev–Trinajstić information content (AvgIpc) is 3.37. The average molecular weight is 435 g/mol. The largest absolute Gasteiger partial charge is 0.383 e. The lowest BCUT2D eigenvalue weighted by molar-refractivity contribution is -0.111.